The Morgan fingerprint density at radius 2 is 1.80 bits per heavy atom. The number of hydrogen-bond donors (Lipinski definition) is 1. The number of rotatable bonds is 2. The molecule has 0 aromatic heterocycles. The number of nitrogens with zero attached hydrogens (tertiary/aromatic N) is 2. The van der Waals surface area contributed by atoms with E-state index in [4.69, 9.17) is 5.73 Å². The van der Waals surface area contributed by atoms with E-state index in [1.165, 1.54) is 16.7 Å². The fourth-order valence-electron chi connectivity index (χ4n) is 2.29. The molecule has 0 aliphatic carbocycles. The first-order chi connectivity index (χ1) is 9.22. The average Bonchev–Trinajstić information content (AvgIpc) is 2.42. The van der Waals surface area contributed by atoms with Crippen LogP contribution in [0.2, 0.25) is 0 Å². The van der Waals surface area contributed by atoms with Crippen LogP contribution in [0.15, 0.2) is 53.5 Å². The number of guanidine groups is 1. The highest BCUT2D eigenvalue weighted by atomic mass is 35.5. The van der Waals surface area contributed by atoms with E-state index < -0.39 is 0 Å². The summed E-state index contributed by atoms with van der Waals surface area (Å²) in [5.41, 5.74) is 10.8. The van der Waals surface area contributed by atoms with Gasteiger partial charge in [0.25, 0.3) is 0 Å². The minimum atomic E-state index is 0. The smallest absolute Gasteiger partial charge is 0.197 e. The second kappa shape index (κ2) is 5.97. The zero-order valence-electron chi connectivity index (χ0n) is 11.4. The van der Waals surface area contributed by atoms with Gasteiger partial charge in [-0.1, -0.05) is 48.0 Å². The van der Waals surface area contributed by atoms with Crippen LogP contribution in [0.1, 0.15) is 16.7 Å². The van der Waals surface area contributed by atoms with E-state index in [9.17, 15) is 0 Å². The maximum absolute atomic E-state index is 6.05. The van der Waals surface area contributed by atoms with Gasteiger partial charge in [-0.25, -0.2) is 4.99 Å². The molecular formula is C16H18ClN3. The Labute approximate surface area is 125 Å². The van der Waals surface area contributed by atoms with Gasteiger partial charge < -0.3 is 10.6 Å². The standard InChI is InChI=1S/C16H17N3.ClH/c1-12-6-8-13(9-7-12)10-19-11-14-4-2-3-5-15(14)18-16(19)17;/h2-9H,10-11H2,1H3,(H2,17,18);1H. The Kier molecular flexibility index (Phi) is 4.30. The molecule has 0 spiro atoms. The molecule has 1 aliphatic heterocycles. The summed E-state index contributed by atoms with van der Waals surface area (Å²) < 4.78 is 0. The summed E-state index contributed by atoms with van der Waals surface area (Å²) in [6.07, 6.45) is 0. The molecule has 0 amide bonds. The minimum absolute atomic E-state index is 0. The maximum Gasteiger partial charge on any atom is 0.197 e. The van der Waals surface area contributed by atoms with Gasteiger partial charge in [0.1, 0.15) is 0 Å². The van der Waals surface area contributed by atoms with Gasteiger partial charge in [-0.15, -0.1) is 12.4 Å². The van der Waals surface area contributed by atoms with E-state index in [0.29, 0.717) is 5.96 Å². The van der Waals surface area contributed by atoms with Crippen LogP contribution in [0, 0.1) is 6.92 Å². The molecule has 0 atom stereocenters. The highest BCUT2D eigenvalue weighted by Crippen LogP contribution is 2.25. The lowest BCUT2D eigenvalue weighted by molar-refractivity contribution is 0.396. The van der Waals surface area contributed by atoms with E-state index in [1.54, 1.807) is 0 Å². The van der Waals surface area contributed by atoms with E-state index in [0.717, 1.165) is 18.8 Å². The first-order valence-electron chi connectivity index (χ1n) is 6.45. The molecule has 2 aromatic carbocycles. The van der Waals surface area contributed by atoms with Crippen LogP contribution in [0.25, 0.3) is 0 Å². The molecule has 0 fully saturated rings. The number of aryl methyl sites for hydroxylation is 1. The van der Waals surface area contributed by atoms with Crippen molar-refractivity contribution in [2.45, 2.75) is 20.0 Å². The molecule has 0 unspecified atom stereocenters. The first kappa shape index (κ1) is 14.4. The zero-order chi connectivity index (χ0) is 13.2. The van der Waals surface area contributed by atoms with Gasteiger partial charge in [-0.05, 0) is 24.1 Å². The summed E-state index contributed by atoms with van der Waals surface area (Å²) in [5.74, 6) is 0.597. The molecule has 3 nitrogen and oxygen atoms in total. The van der Waals surface area contributed by atoms with Crippen LogP contribution in [0.5, 0.6) is 0 Å². The summed E-state index contributed by atoms with van der Waals surface area (Å²) in [6.45, 7) is 3.71. The van der Waals surface area contributed by atoms with Crippen molar-refractivity contribution in [1.29, 1.82) is 0 Å². The molecule has 20 heavy (non-hydrogen) atoms. The van der Waals surface area contributed by atoms with Gasteiger partial charge in [0, 0.05) is 13.1 Å². The molecule has 3 rings (SSSR count). The van der Waals surface area contributed by atoms with Gasteiger partial charge in [-0.2, -0.15) is 0 Å². The quantitative estimate of drug-likeness (QED) is 0.920. The Bertz CT molecular complexity index is 620. The highest BCUT2D eigenvalue weighted by molar-refractivity contribution is 5.85. The Hall–Kier alpha value is -2.00. The summed E-state index contributed by atoms with van der Waals surface area (Å²) in [7, 11) is 0. The third-order valence-electron chi connectivity index (χ3n) is 3.41. The lowest BCUT2D eigenvalue weighted by Gasteiger charge is -2.28. The summed E-state index contributed by atoms with van der Waals surface area (Å²) >= 11 is 0. The lowest BCUT2D eigenvalue weighted by atomic mass is 10.1. The first-order valence-corrected chi connectivity index (χ1v) is 6.45. The largest absolute Gasteiger partial charge is 0.369 e. The molecular weight excluding hydrogens is 270 g/mol. The molecule has 2 N–H and O–H groups in total. The number of nitrogens with two attached hydrogens (primary N) is 1. The predicted octanol–water partition coefficient (Wildman–Crippen LogP) is 3.38. The number of benzene rings is 2. The number of para-hydroxylation sites is 1. The van der Waals surface area contributed by atoms with Crippen LogP contribution in [-0.4, -0.2) is 10.9 Å². The normalized spacial score (nSPS) is 13.2. The molecule has 1 heterocycles. The Balaban J connectivity index is 0.00000147. The molecule has 0 radical (unpaired) electrons. The summed E-state index contributed by atoms with van der Waals surface area (Å²) in [6, 6.07) is 16.7. The number of fused-ring (bicyclic) bond motifs is 1. The fourth-order valence-corrected chi connectivity index (χ4v) is 2.29. The van der Waals surface area contributed by atoms with Crippen molar-refractivity contribution < 1.29 is 0 Å². The van der Waals surface area contributed by atoms with Crippen molar-refractivity contribution in [3.05, 3.63) is 65.2 Å². The maximum atomic E-state index is 6.05. The molecule has 0 saturated heterocycles. The van der Waals surface area contributed by atoms with Crippen molar-refractivity contribution in [3.8, 4) is 0 Å². The molecule has 1 aliphatic rings. The van der Waals surface area contributed by atoms with Gasteiger partial charge >= 0.3 is 0 Å². The Morgan fingerprint density at radius 3 is 2.55 bits per heavy atom. The minimum Gasteiger partial charge on any atom is -0.369 e. The second-order valence-electron chi connectivity index (χ2n) is 4.94. The van der Waals surface area contributed by atoms with E-state index in [2.05, 4.69) is 47.1 Å². The van der Waals surface area contributed by atoms with Crippen LogP contribution >= 0.6 is 12.4 Å². The van der Waals surface area contributed by atoms with Gasteiger partial charge in [-0.3, -0.25) is 0 Å². The van der Waals surface area contributed by atoms with Gasteiger partial charge in [0.2, 0.25) is 0 Å². The molecule has 4 heteroatoms. The molecule has 2 aromatic rings. The third kappa shape index (κ3) is 2.94. The van der Waals surface area contributed by atoms with Crippen molar-refractivity contribution in [2.24, 2.45) is 10.7 Å². The van der Waals surface area contributed by atoms with Crippen molar-refractivity contribution >= 4 is 24.1 Å². The number of aliphatic imine (C=N–C) groups is 1. The van der Waals surface area contributed by atoms with Crippen molar-refractivity contribution in [3.63, 3.8) is 0 Å². The summed E-state index contributed by atoms with van der Waals surface area (Å²) in [4.78, 5) is 6.57. The van der Waals surface area contributed by atoms with Gasteiger partial charge in [0.05, 0.1) is 5.69 Å². The van der Waals surface area contributed by atoms with E-state index in [-0.39, 0.29) is 12.4 Å². The number of hydrogen-bond acceptors (Lipinski definition) is 3. The van der Waals surface area contributed by atoms with Crippen molar-refractivity contribution in [2.75, 3.05) is 0 Å². The highest BCUT2D eigenvalue weighted by Gasteiger charge is 2.16. The van der Waals surface area contributed by atoms with Crippen LogP contribution in [-0.2, 0) is 13.1 Å². The zero-order valence-corrected chi connectivity index (χ0v) is 12.2. The molecule has 0 saturated carbocycles. The van der Waals surface area contributed by atoms with Crippen LogP contribution in [0.4, 0.5) is 5.69 Å². The van der Waals surface area contributed by atoms with Crippen molar-refractivity contribution in [1.82, 2.24) is 4.90 Å². The van der Waals surface area contributed by atoms with Crippen LogP contribution < -0.4 is 5.73 Å². The third-order valence-corrected chi connectivity index (χ3v) is 3.41. The Morgan fingerprint density at radius 1 is 1.10 bits per heavy atom. The van der Waals surface area contributed by atoms with Gasteiger partial charge in [0.15, 0.2) is 5.96 Å². The van der Waals surface area contributed by atoms with Crippen LogP contribution in [0.3, 0.4) is 0 Å². The topological polar surface area (TPSA) is 41.6 Å². The average molecular weight is 288 g/mol. The predicted molar refractivity (Wildman–Crippen MR) is 85.4 cm³/mol. The SMILES string of the molecule is Cc1ccc(CN2Cc3ccccc3N=C2N)cc1.Cl. The second-order valence-corrected chi connectivity index (χ2v) is 4.94. The number of halogens is 1. The van der Waals surface area contributed by atoms with E-state index in [1.807, 2.05) is 18.2 Å². The lowest BCUT2D eigenvalue weighted by Crippen LogP contribution is -2.38. The summed E-state index contributed by atoms with van der Waals surface area (Å²) in [5, 5.41) is 0. The van der Waals surface area contributed by atoms with E-state index >= 15 is 0 Å². The molecule has 0 bridgehead atoms. The fraction of sp³-hybridized carbons (Fsp3) is 0.188. The monoisotopic (exact) mass is 287 g/mol. The molecule has 104 valence electrons.